The van der Waals surface area contributed by atoms with E-state index in [0.717, 1.165) is 5.56 Å². The van der Waals surface area contributed by atoms with Crippen LogP contribution in [0.5, 0.6) is 0 Å². The molecule has 5 heteroatoms. The van der Waals surface area contributed by atoms with Crippen LogP contribution in [0.4, 0.5) is 10.1 Å². The first-order valence-corrected chi connectivity index (χ1v) is 6.08. The summed E-state index contributed by atoms with van der Waals surface area (Å²) in [5, 5.41) is 4.40. The Hall–Kier alpha value is -1.36. The quantitative estimate of drug-likeness (QED) is 0.920. The van der Waals surface area contributed by atoms with Gasteiger partial charge < -0.3 is 5.73 Å². The predicted octanol–water partition coefficient (Wildman–Crippen LogP) is 3.61. The van der Waals surface area contributed by atoms with Crippen LogP contribution in [0.15, 0.2) is 28.9 Å². The van der Waals surface area contributed by atoms with Crippen LogP contribution in [0.1, 0.15) is 19.9 Å². The third-order valence-electron chi connectivity index (χ3n) is 2.48. The maximum atomic E-state index is 13.1. The molecule has 0 aliphatic carbocycles. The molecule has 2 N–H and O–H groups in total. The average Bonchev–Trinajstić information content (AvgIpc) is 2.65. The molecule has 1 heterocycles. The van der Waals surface area contributed by atoms with Crippen molar-refractivity contribution < 1.29 is 4.39 Å². The van der Waals surface area contributed by atoms with Gasteiger partial charge in [-0.25, -0.2) is 4.39 Å². The van der Waals surface area contributed by atoms with Gasteiger partial charge in [-0.15, -0.1) is 0 Å². The zero-order valence-corrected chi connectivity index (χ0v) is 11.2. The van der Waals surface area contributed by atoms with Crippen LogP contribution >= 0.6 is 15.9 Å². The fourth-order valence-corrected chi connectivity index (χ4v) is 1.92. The van der Waals surface area contributed by atoms with Crippen LogP contribution < -0.4 is 5.73 Å². The van der Waals surface area contributed by atoms with Gasteiger partial charge in [-0.2, -0.15) is 5.10 Å². The molecule has 0 saturated carbocycles. The molecular formula is C12H13BrFN3. The number of benzene rings is 1. The van der Waals surface area contributed by atoms with Crippen molar-refractivity contribution in [1.82, 2.24) is 9.78 Å². The summed E-state index contributed by atoms with van der Waals surface area (Å²) in [4.78, 5) is 0. The number of anilines is 1. The van der Waals surface area contributed by atoms with Gasteiger partial charge >= 0.3 is 0 Å². The van der Waals surface area contributed by atoms with Gasteiger partial charge in [-0.1, -0.05) is 0 Å². The van der Waals surface area contributed by atoms with Crippen molar-refractivity contribution in [3.05, 3.63) is 34.7 Å². The van der Waals surface area contributed by atoms with E-state index in [-0.39, 0.29) is 11.9 Å². The Morgan fingerprint density at radius 3 is 2.65 bits per heavy atom. The first-order valence-electron chi connectivity index (χ1n) is 5.29. The van der Waals surface area contributed by atoms with E-state index in [9.17, 15) is 4.39 Å². The maximum Gasteiger partial charge on any atom is 0.137 e. The Balaban J connectivity index is 2.49. The molecule has 0 radical (unpaired) electrons. The third kappa shape index (κ3) is 2.34. The van der Waals surface area contributed by atoms with E-state index in [0.29, 0.717) is 15.9 Å². The molecule has 0 fully saturated rings. The number of hydrogen-bond donors (Lipinski definition) is 1. The summed E-state index contributed by atoms with van der Waals surface area (Å²) in [7, 11) is 0. The minimum atomic E-state index is -0.296. The Bertz CT molecular complexity index is 549. The number of halogens is 2. The minimum Gasteiger partial charge on any atom is -0.396 e. The highest BCUT2D eigenvalue weighted by molar-refractivity contribution is 9.10. The Labute approximate surface area is 108 Å². The molecule has 0 aliphatic rings. The molecule has 0 unspecified atom stereocenters. The molecule has 17 heavy (non-hydrogen) atoms. The van der Waals surface area contributed by atoms with Crippen molar-refractivity contribution in [2.24, 2.45) is 0 Å². The van der Waals surface area contributed by atoms with Gasteiger partial charge in [-0.3, -0.25) is 4.68 Å². The van der Waals surface area contributed by atoms with E-state index in [2.05, 4.69) is 21.0 Å². The lowest BCUT2D eigenvalue weighted by Crippen LogP contribution is -2.00. The molecule has 90 valence electrons. The molecule has 2 aromatic rings. The molecule has 0 amide bonds. The van der Waals surface area contributed by atoms with Crippen LogP contribution in [0.3, 0.4) is 0 Å². The van der Waals surface area contributed by atoms with Crippen molar-refractivity contribution in [3.8, 4) is 11.3 Å². The van der Waals surface area contributed by atoms with Crippen LogP contribution in [0, 0.1) is 5.82 Å². The van der Waals surface area contributed by atoms with Crippen LogP contribution in [-0.2, 0) is 0 Å². The second-order valence-corrected chi connectivity index (χ2v) is 4.99. The number of nitrogens with zero attached hydrogens (tertiary/aromatic N) is 2. The predicted molar refractivity (Wildman–Crippen MR) is 70.1 cm³/mol. The number of rotatable bonds is 2. The molecule has 1 aromatic heterocycles. The SMILES string of the molecule is CC(C)n1cc(N)c(-c2ccc(F)c(Br)c2)n1. The topological polar surface area (TPSA) is 43.8 Å². The zero-order valence-electron chi connectivity index (χ0n) is 9.61. The molecule has 0 saturated heterocycles. The maximum absolute atomic E-state index is 13.1. The summed E-state index contributed by atoms with van der Waals surface area (Å²) in [6, 6.07) is 4.99. The van der Waals surface area contributed by atoms with E-state index < -0.39 is 0 Å². The van der Waals surface area contributed by atoms with Crippen molar-refractivity contribution in [1.29, 1.82) is 0 Å². The van der Waals surface area contributed by atoms with Gasteiger partial charge in [0.15, 0.2) is 0 Å². The summed E-state index contributed by atoms with van der Waals surface area (Å²) >= 11 is 3.15. The summed E-state index contributed by atoms with van der Waals surface area (Å²) in [6.07, 6.45) is 1.79. The molecule has 1 aromatic carbocycles. The standard InChI is InChI=1S/C12H13BrFN3/c1-7(2)17-6-11(15)12(16-17)8-3-4-10(14)9(13)5-8/h3-7H,15H2,1-2H3. The molecule has 2 rings (SSSR count). The number of aromatic nitrogens is 2. The van der Waals surface area contributed by atoms with Gasteiger partial charge in [0, 0.05) is 17.8 Å². The summed E-state index contributed by atoms with van der Waals surface area (Å²) in [5.41, 5.74) is 7.98. The fraction of sp³-hybridized carbons (Fsp3) is 0.250. The van der Waals surface area contributed by atoms with E-state index in [4.69, 9.17) is 5.73 Å². The highest BCUT2D eigenvalue weighted by Crippen LogP contribution is 2.28. The van der Waals surface area contributed by atoms with Gasteiger partial charge in [0.1, 0.15) is 11.5 Å². The van der Waals surface area contributed by atoms with Crippen molar-refractivity contribution in [3.63, 3.8) is 0 Å². The van der Waals surface area contributed by atoms with Crippen molar-refractivity contribution >= 4 is 21.6 Å². The van der Waals surface area contributed by atoms with E-state index in [1.165, 1.54) is 6.07 Å². The molecule has 0 spiro atoms. The van der Waals surface area contributed by atoms with Gasteiger partial charge in [0.25, 0.3) is 0 Å². The molecule has 0 atom stereocenters. The van der Waals surface area contributed by atoms with Gasteiger partial charge in [0.2, 0.25) is 0 Å². The van der Waals surface area contributed by atoms with Crippen LogP contribution in [-0.4, -0.2) is 9.78 Å². The van der Waals surface area contributed by atoms with Crippen molar-refractivity contribution in [2.45, 2.75) is 19.9 Å². The molecule has 3 nitrogen and oxygen atoms in total. The first-order chi connectivity index (χ1) is 7.99. The minimum absolute atomic E-state index is 0.245. The Morgan fingerprint density at radius 2 is 2.12 bits per heavy atom. The van der Waals surface area contributed by atoms with Gasteiger partial charge in [-0.05, 0) is 48.0 Å². The normalized spacial score (nSPS) is 11.1. The summed E-state index contributed by atoms with van der Waals surface area (Å²) < 4.78 is 15.3. The van der Waals surface area contributed by atoms with Gasteiger partial charge in [0.05, 0.1) is 10.2 Å². The largest absolute Gasteiger partial charge is 0.396 e. The van der Waals surface area contributed by atoms with E-state index in [1.807, 2.05) is 13.8 Å². The molecule has 0 bridgehead atoms. The van der Waals surface area contributed by atoms with Crippen molar-refractivity contribution in [2.75, 3.05) is 5.73 Å². The Morgan fingerprint density at radius 1 is 1.41 bits per heavy atom. The third-order valence-corrected chi connectivity index (χ3v) is 3.09. The number of hydrogen-bond acceptors (Lipinski definition) is 2. The monoisotopic (exact) mass is 297 g/mol. The second-order valence-electron chi connectivity index (χ2n) is 4.14. The van der Waals surface area contributed by atoms with E-state index >= 15 is 0 Å². The summed E-state index contributed by atoms with van der Waals surface area (Å²) in [5.74, 6) is -0.296. The van der Waals surface area contributed by atoms with Crippen LogP contribution in [0.25, 0.3) is 11.3 Å². The molecular weight excluding hydrogens is 285 g/mol. The highest BCUT2D eigenvalue weighted by Gasteiger charge is 2.11. The fourth-order valence-electron chi connectivity index (χ4n) is 1.54. The van der Waals surface area contributed by atoms with E-state index in [1.54, 1.807) is 23.0 Å². The highest BCUT2D eigenvalue weighted by atomic mass is 79.9. The lowest BCUT2D eigenvalue weighted by molar-refractivity contribution is 0.534. The second kappa shape index (κ2) is 4.49. The lowest BCUT2D eigenvalue weighted by atomic mass is 10.1. The first kappa shape index (κ1) is 12.1. The lowest BCUT2D eigenvalue weighted by Gasteiger charge is -2.03. The zero-order chi connectivity index (χ0) is 12.6. The number of nitrogens with two attached hydrogens (primary N) is 1. The Kier molecular flexibility index (Phi) is 3.19. The summed E-state index contributed by atoms with van der Waals surface area (Å²) in [6.45, 7) is 4.05. The average molecular weight is 298 g/mol. The number of nitrogen functional groups attached to an aromatic ring is 1. The molecule has 0 aliphatic heterocycles. The smallest absolute Gasteiger partial charge is 0.137 e. The van der Waals surface area contributed by atoms with Crippen LogP contribution in [0.2, 0.25) is 0 Å².